The predicted molar refractivity (Wildman–Crippen MR) is 80.5 cm³/mol. The summed E-state index contributed by atoms with van der Waals surface area (Å²) in [6.45, 7) is 9.61. The number of nitrogens with zero attached hydrogens (tertiary/aromatic N) is 2. The van der Waals surface area contributed by atoms with Crippen molar-refractivity contribution < 1.29 is 0 Å². The van der Waals surface area contributed by atoms with Crippen molar-refractivity contribution in [1.82, 2.24) is 9.78 Å². The average molecular weight is 284 g/mol. The van der Waals surface area contributed by atoms with Gasteiger partial charge >= 0.3 is 0 Å². The van der Waals surface area contributed by atoms with E-state index in [9.17, 15) is 0 Å². The Kier molecular flexibility index (Phi) is 3.99. The monoisotopic (exact) mass is 283 g/mol. The zero-order chi connectivity index (χ0) is 14.3. The van der Waals surface area contributed by atoms with E-state index in [0.29, 0.717) is 0 Å². The third-order valence-corrected chi connectivity index (χ3v) is 5.39. The van der Waals surface area contributed by atoms with Crippen molar-refractivity contribution in [2.24, 2.45) is 11.1 Å². The summed E-state index contributed by atoms with van der Waals surface area (Å²) in [5, 5.41) is 5.43. The smallest absolute Gasteiger partial charge is 0.0850 e. The van der Waals surface area contributed by atoms with E-state index in [1.807, 2.05) is 4.68 Å². The Bertz CT molecular complexity index is 464. The molecule has 0 amide bonds. The van der Waals surface area contributed by atoms with Crippen molar-refractivity contribution in [1.29, 1.82) is 0 Å². The van der Waals surface area contributed by atoms with Crippen molar-refractivity contribution in [2.45, 2.75) is 71.9 Å². The molecule has 2 N–H and O–H groups in total. The summed E-state index contributed by atoms with van der Waals surface area (Å²) in [5.41, 5.74) is 8.85. The fourth-order valence-electron chi connectivity index (χ4n) is 3.25. The lowest BCUT2D eigenvalue weighted by molar-refractivity contribution is 0.203. The highest BCUT2D eigenvalue weighted by Gasteiger charge is 2.46. The molecule has 1 aliphatic carbocycles. The van der Waals surface area contributed by atoms with Gasteiger partial charge in [-0.1, -0.05) is 38.8 Å². The molecule has 0 radical (unpaired) electrons. The van der Waals surface area contributed by atoms with E-state index in [1.165, 1.54) is 12.8 Å². The molecule has 108 valence electrons. The molecule has 1 heterocycles. The van der Waals surface area contributed by atoms with Crippen LogP contribution in [0.5, 0.6) is 0 Å². The Morgan fingerprint density at radius 1 is 1.32 bits per heavy atom. The van der Waals surface area contributed by atoms with Gasteiger partial charge in [-0.05, 0) is 31.6 Å². The molecule has 1 unspecified atom stereocenters. The highest BCUT2D eigenvalue weighted by molar-refractivity contribution is 6.31. The van der Waals surface area contributed by atoms with Crippen LogP contribution in [-0.2, 0) is 19.4 Å². The summed E-state index contributed by atoms with van der Waals surface area (Å²) in [6.07, 6.45) is 5.19. The van der Waals surface area contributed by atoms with Gasteiger partial charge in [-0.3, -0.25) is 4.68 Å². The minimum atomic E-state index is -0.158. The van der Waals surface area contributed by atoms with Crippen molar-refractivity contribution in [3.63, 3.8) is 0 Å². The number of halogens is 1. The standard InChI is InChI=1S/C15H26ClN3/c1-5-11-13(16)12(19(6-2)18-11)10-15(17)9-7-8-14(15,3)4/h5-10,17H2,1-4H3. The van der Waals surface area contributed by atoms with Crippen LogP contribution in [0.25, 0.3) is 0 Å². The average Bonchev–Trinajstić information content (AvgIpc) is 2.79. The van der Waals surface area contributed by atoms with Crippen LogP contribution in [0.2, 0.25) is 5.02 Å². The van der Waals surface area contributed by atoms with Crippen molar-refractivity contribution >= 4 is 11.6 Å². The Morgan fingerprint density at radius 3 is 2.47 bits per heavy atom. The van der Waals surface area contributed by atoms with E-state index in [-0.39, 0.29) is 11.0 Å². The zero-order valence-electron chi connectivity index (χ0n) is 12.6. The fraction of sp³-hybridized carbons (Fsp3) is 0.800. The Balaban J connectivity index is 2.35. The number of nitrogens with two attached hydrogens (primary N) is 1. The number of rotatable bonds is 4. The lowest BCUT2D eigenvalue weighted by Gasteiger charge is -2.38. The van der Waals surface area contributed by atoms with Crippen LogP contribution in [0.1, 0.15) is 58.3 Å². The second-order valence-electron chi connectivity index (χ2n) is 6.45. The molecule has 1 fully saturated rings. The third-order valence-electron chi connectivity index (χ3n) is 4.95. The highest BCUT2D eigenvalue weighted by atomic mass is 35.5. The van der Waals surface area contributed by atoms with Gasteiger partial charge in [0, 0.05) is 18.5 Å². The molecular weight excluding hydrogens is 258 g/mol. The Hall–Kier alpha value is -0.540. The minimum Gasteiger partial charge on any atom is -0.324 e. The van der Waals surface area contributed by atoms with E-state index in [0.717, 1.165) is 42.2 Å². The summed E-state index contributed by atoms with van der Waals surface area (Å²) in [7, 11) is 0. The van der Waals surface area contributed by atoms with Crippen LogP contribution in [0.4, 0.5) is 0 Å². The first-order valence-electron chi connectivity index (χ1n) is 7.37. The number of hydrogen-bond acceptors (Lipinski definition) is 2. The largest absolute Gasteiger partial charge is 0.324 e. The van der Waals surface area contributed by atoms with Gasteiger partial charge in [-0.2, -0.15) is 5.10 Å². The molecule has 0 saturated heterocycles. The molecule has 0 spiro atoms. The zero-order valence-corrected chi connectivity index (χ0v) is 13.3. The SMILES string of the molecule is CCc1nn(CC)c(CC2(N)CCCC2(C)C)c1Cl. The fourth-order valence-corrected chi connectivity index (χ4v) is 3.58. The van der Waals surface area contributed by atoms with Gasteiger partial charge in [0.05, 0.1) is 16.4 Å². The van der Waals surface area contributed by atoms with Crippen LogP contribution < -0.4 is 5.73 Å². The van der Waals surface area contributed by atoms with Gasteiger partial charge < -0.3 is 5.73 Å². The molecule has 4 heteroatoms. The molecular formula is C15H26ClN3. The van der Waals surface area contributed by atoms with Crippen LogP contribution in [0.15, 0.2) is 0 Å². The van der Waals surface area contributed by atoms with Crippen molar-refractivity contribution in [2.75, 3.05) is 0 Å². The maximum absolute atomic E-state index is 6.71. The summed E-state index contributed by atoms with van der Waals surface area (Å²) >= 11 is 6.50. The predicted octanol–water partition coefficient (Wildman–Crippen LogP) is 3.57. The number of aryl methyl sites for hydroxylation is 2. The Morgan fingerprint density at radius 2 is 2.00 bits per heavy atom. The maximum Gasteiger partial charge on any atom is 0.0850 e. The molecule has 2 rings (SSSR count). The number of hydrogen-bond donors (Lipinski definition) is 1. The van der Waals surface area contributed by atoms with E-state index in [4.69, 9.17) is 17.3 Å². The third kappa shape index (κ3) is 2.43. The summed E-state index contributed by atoms with van der Waals surface area (Å²) < 4.78 is 2.03. The second kappa shape index (κ2) is 5.10. The van der Waals surface area contributed by atoms with Gasteiger partial charge in [-0.25, -0.2) is 0 Å². The van der Waals surface area contributed by atoms with Crippen LogP contribution >= 0.6 is 11.6 Å². The van der Waals surface area contributed by atoms with E-state index in [1.54, 1.807) is 0 Å². The molecule has 1 aromatic heterocycles. The molecule has 1 saturated carbocycles. The van der Waals surface area contributed by atoms with Gasteiger partial charge in [-0.15, -0.1) is 0 Å². The van der Waals surface area contributed by atoms with Crippen molar-refractivity contribution in [3.05, 3.63) is 16.4 Å². The number of aromatic nitrogens is 2. The maximum atomic E-state index is 6.71. The second-order valence-corrected chi connectivity index (χ2v) is 6.83. The van der Waals surface area contributed by atoms with E-state index < -0.39 is 0 Å². The van der Waals surface area contributed by atoms with Crippen LogP contribution in [0.3, 0.4) is 0 Å². The molecule has 3 nitrogen and oxygen atoms in total. The molecule has 1 atom stereocenters. The molecule has 1 aliphatic rings. The van der Waals surface area contributed by atoms with Crippen molar-refractivity contribution in [3.8, 4) is 0 Å². The quantitative estimate of drug-likeness (QED) is 0.918. The van der Waals surface area contributed by atoms with E-state index >= 15 is 0 Å². The normalized spacial score (nSPS) is 26.0. The molecule has 19 heavy (non-hydrogen) atoms. The van der Waals surface area contributed by atoms with Gasteiger partial charge in [0.1, 0.15) is 0 Å². The lowest BCUT2D eigenvalue weighted by Crippen LogP contribution is -2.51. The summed E-state index contributed by atoms with van der Waals surface area (Å²) in [6, 6.07) is 0. The van der Waals surface area contributed by atoms with Gasteiger partial charge in [0.25, 0.3) is 0 Å². The minimum absolute atomic E-state index is 0.158. The van der Waals surface area contributed by atoms with Crippen LogP contribution in [-0.4, -0.2) is 15.3 Å². The van der Waals surface area contributed by atoms with Crippen LogP contribution in [0, 0.1) is 5.41 Å². The first-order chi connectivity index (χ1) is 8.84. The van der Waals surface area contributed by atoms with E-state index in [2.05, 4.69) is 32.8 Å². The summed E-state index contributed by atoms with van der Waals surface area (Å²) in [4.78, 5) is 0. The first-order valence-corrected chi connectivity index (χ1v) is 7.75. The molecule has 0 aliphatic heterocycles. The lowest BCUT2D eigenvalue weighted by atomic mass is 9.73. The van der Waals surface area contributed by atoms with Gasteiger partial charge in [0.15, 0.2) is 0 Å². The Labute approximate surface area is 121 Å². The van der Waals surface area contributed by atoms with Gasteiger partial charge in [0.2, 0.25) is 0 Å². The first kappa shape index (κ1) is 14.9. The highest BCUT2D eigenvalue weighted by Crippen LogP contribution is 2.46. The molecule has 0 bridgehead atoms. The topological polar surface area (TPSA) is 43.8 Å². The molecule has 0 aromatic carbocycles. The summed E-state index contributed by atoms with van der Waals surface area (Å²) in [5.74, 6) is 0. The molecule has 1 aromatic rings.